The van der Waals surface area contributed by atoms with E-state index >= 15 is 0 Å². The highest BCUT2D eigenvalue weighted by Crippen LogP contribution is 2.24. The second kappa shape index (κ2) is 6.72. The van der Waals surface area contributed by atoms with Crippen LogP contribution < -0.4 is 5.56 Å². The molecule has 7 nitrogen and oxygen atoms in total. The zero-order valence-corrected chi connectivity index (χ0v) is 16.3. The fourth-order valence-electron chi connectivity index (χ4n) is 3.39. The van der Waals surface area contributed by atoms with Crippen molar-refractivity contribution >= 4 is 38.3 Å². The predicted octanol–water partition coefficient (Wildman–Crippen LogP) is 3.41. The Labute approximate surface area is 163 Å². The van der Waals surface area contributed by atoms with Crippen LogP contribution >= 0.6 is 11.3 Å². The Kier molecular flexibility index (Phi) is 4.35. The number of esters is 1. The molecule has 28 heavy (non-hydrogen) atoms. The Morgan fingerprint density at radius 2 is 2.00 bits per heavy atom. The minimum absolute atomic E-state index is 0.116. The Morgan fingerprint density at radius 1 is 1.25 bits per heavy atom. The van der Waals surface area contributed by atoms with Crippen molar-refractivity contribution in [3.8, 4) is 0 Å². The van der Waals surface area contributed by atoms with E-state index in [1.54, 1.807) is 18.2 Å². The molecule has 0 atom stereocenters. The van der Waals surface area contributed by atoms with Crippen molar-refractivity contribution in [1.82, 2.24) is 14.4 Å². The van der Waals surface area contributed by atoms with Crippen LogP contribution in [0.25, 0.3) is 15.2 Å². The fourth-order valence-corrected chi connectivity index (χ4v) is 4.44. The standard InChI is InChI=1S/C20H17N3O4S/c1-10-17(12(3)24)11(2)21-18(10)19(26)27-9-13-8-16(25)23-14-6-4-5-7-15(14)28-20(23)22-13/h4-8,21H,9H2,1-3H3. The highest BCUT2D eigenvalue weighted by Gasteiger charge is 2.21. The SMILES string of the molecule is CC(=O)c1c(C)[nH]c(C(=O)OCc2cc(=O)n3c(n2)sc2ccccc23)c1C. The quantitative estimate of drug-likeness (QED) is 0.422. The summed E-state index contributed by atoms with van der Waals surface area (Å²) in [5, 5.41) is 0. The van der Waals surface area contributed by atoms with Crippen LogP contribution in [-0.4, -0.2) is 26.1 Å². The molecule has 3 heterocycles. The van der Waals surface area contributed by atoms with Crippen molar-refractivity contribution in [2.75, 3.05) is 0 Å². The first kappa shape index (κ1) is 18.1. The van der Waals surface area contributed by atoms with Gasteiger partial charge in [-0.3, -0.25) is 14.0 Å². The van der Waals surface area contributed by atoms with Gasteiger partial charge in [0.2, 0.25) is 0 Å². The number of aromatic amines is 1. The molecule has 0 radical (unpaired) electrons. The largest absolute Gasteiger partial charge is 0.454 e. The van der Waals surface area contributed by atoms with Gasteiger partial charge in [-0.1, -0.05) is 23.5 Å². The summed E-state index contributed by atoms with van der Waals surface area (Å²) in [6.45, 7) is 4.75. The van der Waals surface area contributed by atoms with Crippen LogP contribution in [0.1, 0.15) is 44.7 Å². The molecule has 0 bridgehead atoms. The van der Waals surface area contributed by atoms with Gasteiger partial charge < -0.3 is 9.72 Å². The number of H-pyrrole nitrogens is 1. The maximum atomic E-state index is 12.5. The molecule has 0 amide bonds. The summed E-state index contributed by atoms with van der Waals surface area (Å²) in [6.07, 6.45) is 0. The lowest BCUT2D eigenvalue weighted by Gasteiger charge is -2.04. The summed E-state index contributed by atoms with van der Waals surface area (Å²) in [5.74, 6) is -0.707. The van der Waals surface area contributed by atoms with Gasteiger partial charge >= 0.3 is 5.97 Å². The molecule has 1 N–H and O–H groups in total. The predicted molar refractivity (Wildman–Crippen MR) is 106 cm³/mol. The molecule has 4 rings (SSSR count). The first-order valence-corrected chi connectivity index (χ1v) is 9.46. The third-order valence-electron chi connectivity index (χ3n) is 4.59. The summed E-state index contributed by atoms with van der Waals surface area (Å²) in [6, 6.07) is 8.93. The number of Topliss-reactive ketones (excluding diaryl/α,β-unsaturated/α-hetero) is 1. The van der Waals surface area contributed by atoms with Gasteiger partial charge in [0.15, 0.2) is 10.7 Å². The van der Waals surface area contributed by atoms with Gasteiger partial charge in [0.05, 0.1) is 15.9 Å². The van der Waals surface area contributed by atoms with E-state index in [2.05, 4.69) is 9.97 Å². The van der Waals surface area contributed by atoms with Crippen LogP contribution in [0.2, 0.25) is 0 Å². The molecular weight excluding hydrogens is 378 g/mol. The minimum atomic E-state index is -0.591. The molecule has 0 aliphatic rings. The van der Waals surface area contributed by atoms with Crippen molar-refractivity contribution < 1.29 is 14.3 Å². The Morgan fingerprint density at radius 3 is 2.71 bits per heavy atom. The molecule has 0 aliphatic heterocycles. The Balaban J connectivity index is 1.62. The zero-order valence-electron chi connectivity index (χ0n) is 15.5. The van der Waals surface area contributed by atoms with E-state index in [4.69, 9.17) is 4.74 Å². The fraction of sp³-hybridized carbons (Fsp3) is 0.200. The van der Waals surface area contributed by atoms with Crippen LogP contribution in [0.3, 0.4) is 0 Å². The van der Waals surface area contributed by atoms with E-state index in [1.807, 2.05) is 24.3 Å². The third kappa shape index (κ3) is 2.91. The van der Waals surface area contributed by atoms with E-state index in [-0.39, 0.29) is 23.6 Å². The lowest BCUT2D eigenvalue weighted by Crippen LogP contribution is -2.15. The van der Waals surface area contributed by atoms with Gasteiger partial charge in [0, 0.05) is 17.3 Å². The van der Waals surface area contributed by atoms with E-state index in [0.717, 1.165) is 10.2 Å². The minimum Gasteiger partial charge on any atom is -0.454 e. The average Bonchev–Trinajstić information content (AvgIpc) is 3.16. The molecule has 142 valence electrons. The van der Waals surface area contributed by atoms with Gasteiger partial charge in [0.1, 0.15) is 12.3 Å². The second-order valence-corrected chi connectivity index (χ2v) is 7.54. The van der Waals surface area contributed by atoms with Crippen LogP contribution in [0, 0.1) is 13.8 Å². The lowest BCUT2D eigenvalue weighted by molar-refractivity contribution is 0.0460. The molecule has 0 unspecified atom stereocenters. The molecular formula is C20H17N3O4S. The number of rotatable bonds is 4. The molecule has 0 saturated carbocycles. The number of hydrogen-bond donors (Lipinski definition) is 1. The molecule has 3 aromatic heterocycles. The first-order valence-electron chi connectivity index (χ1n) is 8.64. The number of nitrogens with one attached hydrogen (secondary N) is 1. The van der Waals surface area contributed by atoms with Crippen LogP contribution in [0.4, 0.5) is 0 Å². The molecule has 0 spiro atoms. The van der Waals surface area contributed by atoms with Crippen molar-refractivity contribution in [2.24, 2.45) is 0 Å². The number of ketones is 1. The second-order valence-electron chi connectivity index (χ2n) is 6.53. The molecule has 0 fully saturated rings. The third-order valence-corrected chi connectivity index (χ3v) is 5.61. The molecule has 1 aromatic carbocycles. The van der Waals surface area contributed by atoms with Crippen molar-refractivity contribution in [3.63, 3.8) is 0 Å². The summed E-state index contributed by atoms with van der Waals surface area (Å²) in [4.78, 5) is 44.6. The van der Waals surface area contributed by atoms with Crippen LogP contribution in [-0.2, 0) is 11.3 Å². The number of aryl methyl sites for hydroxylation is 1. The summed E-state index contributed by atoms with van der Waals surface area (Å²) < 4.78 is 7.83. The number of hydrogen-bond acceptors (Lipinski definition) is 6. The van der Waals surface area contributed by atoms with E-state index < -0.39 is 5.97 Å². The van der Waals surface area contributed by atoms with Gasteiger partial charge in [-0.05, 0) is 38.5 Å². The summed E-state index contributed by atoms with van der Waals surface area (Å²) in [5.41, 5.74) is 2.87. The van der Waals surface area contributed by atoms with Crippen LogP contribution in [0.15, 0.2) is 35.1 Å². The maximum absolute atomic E-state index is 12.5. The number of aromatic nitrogens is 3. The Bertz CT molecular complexity index is 1310. The number of para-hydroxylation sites is 1. The monoisotopic (exact) mass is 395 g/mol. The van der Waals surface area contributed by atoms with Gasteiger partial charge in [0.25, 0.3) is 5.56 Å². The molecule has 0 saturated heterocycles. The maximum Gasteiger partial charge on any atom is 0.355 e. The lowest BCUT2D eigenvalue weighted by atomic mass is 10.1. The molecule has 8 heteroatoms. The van der Waals surface area contributed by atoms with Crippen LogP contribution in [0.5, 0.6) is 0 Å². The number of ether oxygens (including phenoxy) is 1. The number of benzene rings is 1. The van der Waals surface area contributed by atoms with Gasteiger partial charge in [-0.25, -0.2) is 9.78 Å². The van der Waals surface area contributed by atoms with Gasteiger partial charge in [-0.2, -0.15) is 0 Å². The molecule has 0 aliphatic carbocycles. The number of carbonyl (C=O) groups excluding carboxylic acids is 2. The number of thiazole rings is 1. The normalized spacial score (nSPS) is 11.2. The van der Waals surface area contributed by atoms with Crippen molar-refractivity contribution in [3.05, 3.63) is 68.9 Å². The smallest absolute Gasteiger partial charge is 0.355 e. The Hall–Kier alpha value is -3.26. The number of carbonyl (C=O) groups is 2. The highest BCUT2D eigenvalue weighted by molar-refractivity contribution is 7.23. The van der Waals surface area contributed by atoms with E-state index in [9.17, 15) is 14.4 Å². The van der Waals surface area contributed by atoms with E-state index in [1.165, 1.54) is 24.3 Å². The molecule has 4 aromatic rings. The van der Waals surface area contributed by atoms with Crippen molar-refractivity contribution in [1.29, 1.82) is 0 Å². The highest BCUT2D eigenvalue weighted by atomic mass is 32.1. The first-order chi connectivity index (χ1) is 13.4. The topological polar surface area (TPSA) is 93.5 Å². The zero-order chi connectivity index (χ0) is 20.0. The number of nitrogens with zero attached hydrogens (tertiary/aromatic N) is 2. The average molecular weight is 395 g/mol. The van der Waals surface area contributed by atoms with E-state index in [0.29, 0.717) is 27.5 Å². The summed E-state index contributed by atoms with van der Waals surface area (Å²) >= 11 is 1.40. The summed E-state index contributed by atoms with van der Waals surface area (Å²) in [7, 11) is 0. The number of fused-ring (bicyclic) bond motifs is 3. The van der Waals surface area contributed by atoms with Gasteiger partial charge in [-0.15, -0.1) is 0 Å². The van der Waals surface area contributed by atoms with Crippen molar-refractivity contribution in [2.45, 2.75) is 27.4 Å².